The number of hydrogen-bond donors (Lipinski definition) is 2. The molecule has 0 atom stereocenters. The summed E-state index contributed by atoms with van der Waals surface area (Å²) < 4.78 is 0. The lowest BCUT2D eigenvalue weighted by Crippen LogP contribution is -2.32. The smallest absolute Gasteiger partial charge is 0.229 e. The van der Waals surface area contributed by atoms with E-state index < -0.39 is 0 Å². The van der Waals surface area contributed by atoms with Gasteiger partial charge in [0.15, 0.2) is 17.1 Å². The summed E-state index contributed by atoms with van der Waals surface area (Å²) in [5.41, 5.74) is 5.18. The Labute approximate surface area is 209 Å². The summed E-state index contributed by atoms with van der Waals surface area (Å²) in [6.45, 7) is 15.5. The molecule has 5 rings (SSSR count). The number of fused-ring (bicyclic) bond motifs is 1. The number of aromatic nitrogens is 4. The van der Waals surface area contributed by atoms with E-state index >= 15 is 0 Å². The normalized spacial score (nSPS) is 13.9. The molecule has 2 N–H and O–H groups in total. The van der Waals surface area contributed by atoms with E-state index in [2.05, 4.69) is 55.9 Å². The topological polar surface area (TPSA) is 91.2 Å². The van der Waals surface area contributed by atoms with E-state index in [9.17, 15) is 4.79 Å². The van der Waals surface area contributed by atoms with Crippen molar-refractivity contribution in [1.82, 2.24) is 20.2 Å². The molecule has 36 heavy (non-hydrogen) atoms. The van der Waals surface area contributed by atoms with Crippen LogP contribution in [0, 0.1) is 12.5 Å². The summed E-state index contributed by atoms with van der Waals surface area (Å²) in [4.78, 5) is 27.4. The molecule has 0 bridgehead atoms. The number of benzene rings is 2. The van der Waals surface area contributed by atoms with Crippen LogP contribution in [0.3, 0.4) is 0 Å². The van der Waals surface area contributed by atoms with Crippen LogP contribution in [-0.4, -0.2) is 39.0 Å². The fraction of sp³-hybridized carbons (Fsp3) is 0.250. The van der Waals surface area contributed by atoms with Crippen LogP contribution in [0.5, 0.6) is 0 Å². The first kappa shape index (κ1) is 23.2. The summed E-state index contributed by atoms with van der Waals surface area (Å²) in [6.07, 6.45) is 5.54. The van der Waals surface area contributed by atoms with Crippen LogP contribution in [0.15, 0.2) is 61.3 Å². The molecule has 8 nitrogen and oxygen atoms in total. The molecule has 4 aromatic rings. The second-order valence-electron chi connectivity index (χ2n) is 9.22. The number of anilines is 3. The molecule has 2 aromatic heterocycles. The Balaban J connectivity index is 1.50. The first-order chi connectivity index (χ1) is 17.5. The van der Waals surface area contributed by atoms with Crippen molar-refractivity contribution in [3.8, 4) is 11.3 Å². The molecule has 0 spiro atoms. The molecule has 3 heterocycles. The summed E-state index contributed by atoms with van der Waals surface area (Å²) in [5, 5.41) is 11.2. The largest absolute Gasteiger partial charge is 0.371 e. The maximum atomic E-state index is 12.0. The number of rotatable bonds is 7. The van der Waals surface area contributed by atoms with Crippen molar-refractivity contribution in [2.45, 2.75) is 26.2 Å². The number of piperidine rings is 1. The average Bonchev–Trinajstić information content (AvgIpc) is 3.37. The van der Waals surface area contributed by atoms with Gasteiger partial charge in [-0.05, 0) is 54.7 Å². The quantitative estimate of drug-likeness (QED) is 0.256. The standard InChI is InChI=1S/C28H27N7O/c1-4-24(36)14-19-12-20(15-22(13-19)29-3)26-25-17-30-34-27(25)33-28(32-26)31-21-6-5-7-23(16-21)35-10-8-18(2)9-11-35/h4-7,12-13,15-18H,1,8-11,14H2,2H3,(H2,30,31,32,33,34). The Bertz CT molecular complexity index is 1480. The van der Waals surface area contributed by atoms with Crippen molar-refractivity contribution in [3.63, 3.8) is 0 Å². The zero-order valence-corrected chi connectivity index (χ0v) is 20.2. The Morgan fingerprint density at radius 3 is 2.86 bits per heavy atom. The van der Waals surface area contributed by atoms with Gasteiger partial charge in [0.25, 0.3) is 0 Å². The third-order valence-electron chi connectivity index (χ3n) is 6.55. The van der Waals surface area contributed by atoms with Crippen LogP contribution in [0.25, 0.3) is 27.1 Å². The minimum atomic E-state index is -0.107. The van der Waals surface area contributed by atoms with Crippen molar-refractivity contribution in [1.29, 1.82) is 0 Å². The highest BCUT2D eigenvalue weighted by atomic mass is 16.1. The zero-order chi connectivity index (χ0) is 25.1. The van der Waals surface area contributed by atoms with E-state index in [-0.39, 0.29) is 12.2 Å². The molecule has 0 radical (unpaired) electrons. The van der Waals surface area contributed by atoms with Gasteiger partial charge < -0.3 is 10.2 Å². The minimum absolute atomic E-state index is 0.107. The van der Waals surface area contributed by atoms with Crippen molar-refractivity contribution in [2.75, 3.05) is 23.3 Å². The molecular weight excluding hydrogens is 450 g/mol. The lowest BCUT2D eigenvalue weighted by atomic mass is 9.99. The fourth-order valence-corrected chi connectivity index (χ4v) is 4.54. The van der Waals surface area contributed by atoms with Crippen LogP contribution in [-0.2, 0) is 11.2 Å². The van der Waals surface area contributed by atoms with Crippen molar-refractivity contribution >= 4 is 39.8 Å². The van der Waals surface area contributed by atoms with Crippen molar-refractivity contribution < 1.29 is 4.79 Å². The van der Waals surface area contributed by atoms with Gasteiger partial charge in [-0.1, -0.05) is 37.3 Å². The summed E-state index contributed by atoms with van der Waals surface area (Å²) in [5.74, 6) is 1.08. The molecule has 1 aliphatic heterocycles. The lowest BCUT2D eigenvalue weighted by molar-refractivity contribution is -0.114. The first-order valence-electron chi connectivity index (χ1n) is 12.0. The van der Waals surface area contributed by atoms with E-state index in [1.165, 1.54) is 24.6 Å². The van der Waals surface area contributed by atoms with E-state index in [4.69, 9.17) is 11.6 Å². The third-order valence-corrected chi connectivity index (χ3v) is 6.55. The van der Waals surface area contributed by atoms with Crippen LogP contribution >= 0.6 is 0 Å². The van der Waals surface area contributed by atoms with Gasteiger partial charge in [-0.25, -0.2) is 9.83 Å². The summed E-state index contributed by atoms with van der Waals surface area (Å²) in [6, 6.07) is 13.7. The predicted molar refractivity (Wildman–Crippen MR) is 143 cm³/mol. The SMILES string of the molecule is [C-]#[N+]c1cc(CC(=O)C=C)cc(-c2nc(Nc3cccc(N4CCC(C)CC4)c3)nc3[nH]ncc23)c1. The van der Waals surface area contributed by atoms with Crippen LogP contribution in [0.2, 0.25) is 0 Å². The second-order valence-corrected chi connectivity index (χ2v) is 9.22. The van der Waals surface area contributed by atoms with Crippen LogP contribution in [0.1, 0.15) is 25.3 Å². The Morgan fingerprint density at radius 2 is 2.08 bits per heavy atom. The number of hydrogen-bond acceptors (Lipinski definition) is 6. The van der Waals surface area contributed by atoms with Crippen molar-refractivity contribution in [2.24, 2.45) is 5.92 Å². The summed E-state index contributed by atoms with van der Waals surface area (Å²) in [7, 11) is 0. The molecule has 0 saturated carbocycles. The molecule has 0 unspecified atom stereocenters. The highest BCUT2D eigenvalue weighted by Gasteiger charge is 2.17. The Morgan fingerprint density at radius 1 is 1.25 bits per heavy atom. The molecule has 1 fully saturated rings. The van der Waals surface area contributed by atoms with E-state index in [0.29, 0.717) is 23.0 Å². The number of carbonyl (C=O) groups excluding carboxylic acids is 1. The van der Waals surface area contributed by atoms with Crippen molar-refractivity contribution in [3.05, 3.63) is 78.3 Å². The molecule has 1 saturated heterocycles. The number of ketones is 1. The van der Waals surface area contributed by atoms with Gasteiger partial charge in [0.2, 0.25) is 5.95 Å². The van der Waals surface area contributed by atoms with Crippen LogP contribution in [0.4, 0.5) is 23.0 Å². The summed E-state index contributed by atoms with van der Waals surface area (Å²) >= 11 is 0. The lowest BCUT2D eigenvalue weighted by Gasteiger charge is -2.32. The number of allylic oxidation sites excluding steroid dienone is 1. The molecule has 8 heteroatoms. The Hall–Kier alpha value is -4.51. The molecule has 1 aliphatic rings. The molecule has 0 amide bonds. The van der Waals surface area contributed by atoms with E-state index in [1.54, 1.807) is 18.3 Å². The molecule has 0 aliphatic carbocycles. The highest BCUT2D eigenvalue weighted by molar-refractivity contribution is 5.93. The molecule has 180 valence electrons. The van der Waals surface area contributed by atoms with Gasteiger partial charge in [-0.3, -0.25) is 9.89 Å². The number of H-pyrrole nitrogens is 1. The Kier molecular flexibility index (Phi) is 6.46. The number of nitrogens with zero attached hydrogens (tertiary/aromatic N) is 5. The van der Waals surface area contributed by atoms with Gasteiger partial charge in [-0.2, -0.15) is 10.1 Å². The van der Waals surface area contributed by atoms with Gasteiger partial charge in [-0.15, -0.1) is 0 Å². The number of aromatic amines is 1. The monoisotopic (exact) mass is 477 g/mol. The maximum absolute atomic E-state index is 12.0. The van der Waals surface area contributed by atoms with E-state index in [0.717, 1.165) is 41.2 Å². The molecular formula is C28H27N7O. The fourth-order valence-electron chi connectivity index (χ4n) is 4.54. The van der Waals surface area contributed by atoms with Crippen LogP contribution < -0.4 is 10.2 Å². The predicted octanol–water partition coefficient (Wildman–Crippen LogP) is 5.85. The van der Waals surface area contributed by atoms with Gasteiger partial charge in [0.05, 0.1) is 23.8 Å². The van der Waals surface area contributed by atoms with Gasteiger partial charge in [0.1, 0.15) is 0 Å². The first-order valence-corrected chi connectivity index (χ1v) is 12.0. The average molecular weight is 478 g/mol. The molecule has 2 aromatic carbocycles. The second kappa shape index (κ2) is 10.0. The maximum Gasteiger partial charge on any atom is 0.229 e. The third kappa shape index (κ3) is 4.96. The highest BCUT2D eigenvalue weighted by Crippen LogP contribution is 2.32. The van der Waals surface area contributed by atoms with Gasteiger partial charge >= 0.3 is 0 Å². The minimum Gasteiger partial charge on any atom is -0.371 e. The number of carbonyl (C=O) groups is 1. The zero-order valence-electron chi connectivity index (χ0n) is 20.2. The van der Waals surface area contributed by atoms with Gasteiger partial charge in [0, 0.05) is 30.9 Å². The number of nitrogens with one attached hydrogen (secondary N) is 2. The van der Waals surface area contributed by atoms with E-state index in [1.807, 2.05) is 18.2 Å².